The summed E-state index contributed by atoms with van der Waals surface area (Å²) < 4.78 is 1.87. The van der Waals surface area contributed by atoms with Gasteiger partial charge in [0.05, 0.1) is 11.4 Å². The van der Waals surface area contributed by atoms with Crippen LogP contribution in [0.5, 0.6) is 0 Å². The molecule has 4 heteroatoms. The minimum atomic E-state index is 0.620. The molecule has 0 unspecified atom stereocenters. The lowest BCUT2D eigenvalue weighted by molar-refractivity contribution is 0.620. The molecule has 0 spiro atoms. The smallest absolute Gasteiger partial charge is 0.150 e. The van der Waals surface area contributed by atoms with Crippen LogP contribution >= 0.6 is 0 Å². The predicted molar refractivity (Wildman–Crippen MR) is 65.1 cm³/mol. The van der Waals surface area contributed by atoms with Crippen molar-refractivity contribution in [2.45, 2.75) is 27.2 Å². The highest BCUT2D eigenvalue weighted by molar-refractivity contribution is 5.66. The van der Waals surface area contributed by atoms with E-state index < -0.39 is 0 Å². The minimum absolute atomic E-state index is 0.620. The van der Waals surface area contributed by atoms with Crippen molar-refractivity contribution in [2.75, 3.05) is 24.2 Å². The molecule has 15 heavy (non-hydrogen) atoms. The summed E-state index contributed by atoms with van der Waals surface area (Å²) in [5.74, 6) is 1.65. The van der Waals surface area contributed by atoms with Crippen molar-refractivity contribution in [1.82, 2.24) is 9.78 Å². The average molecular weight is 210 g/mol. The summed E-state index contributed by atoms with van der Waals surface area (Å²) in [6.07, 6.45) is 0.884. The Balaban J connectivity index is 2.97. The second-order valence-corrected chi connectivity index (χ2v) is 4.44. The molecule has 0 fully saturated rings. The highest BCUT2D eigenvalue weighted by atomic mass is 15.4. The fourth-order valence-corrected chi connectivity index (χ4v) is 1.93. The maximum atomic E-state index is 6.07. The third-order valence-electron chi connectivity index (χ3n) is 2.46. The van der Waals surface area contributed by atoms with E-state index in [4.69, 9.17) is 5.73 Å². The molecule has 0 aliphatic rings. The van der Waals surface area contributed by atoms with E-state index in [1.807, 2.05) is 11.7 Å². The summed E-state index contributed by atoms with van der Waals surface area (Å²) in [4.78, 5) is 2.17. The number of aryl methyl sites for hydroxylation is 2. The van der Waals surface area contributed by atoms with Crippen molar-refractivity contribution in [3.05, 3.63) is 5.69 Å². The van der Waals surface area contributed by atoms with Gasteiger partial charge in [-0.3, -0.25) is 4.68 Å². The van der Waals surface area contributed by atoms with Crippen LogP contribution in [0.2, 0.25) is 0 Å². The van der Waals surface area contributed by atoms with Crippen LogP contribution in [-0.2, 0) is 13.5 Å². The Morgan fingerprint density at radius 3 is 2.47 bits per heavy atom. The van der Waals surface area contributed by atoms with Crippen molar-refractivity contribution in [3.8, 4) is 0 Å². The molecule has 0 aliphatic heterocycles. The molecular weight excluding hydrogens is 188 g/mol. The lowest BCUT2D eigenvalue weighted by Crippen LogP contribution is -2.25. The zero-order chi connectivity index (χ0) is 11.6. The Hall–Kier alpha value is -1.19. The summed E-state index contributed by atoms with van der Waals surface area (Å²) in [6.45, 7) is 7.46. The van der Waals surface area contributed by atoms with Gasteiger partial charge in [-0.2, -0.15) is 5.10 Å². The van der Waals surface area contributed by atoms with Crippen LogP contribution in [0.1, 0.15) is 26.5 Å². The second kappa shape index (κ2) is 4.55. The Kier molecular flexibility index (Phi) is 3.61. The molecule has 86 valence electrons. The number of aromatic nitrogens is 2. The van der Waals surface area contributed by atoms with E-state index in [1.54, 1.807) is 0 Å². The molecule has 0 saturated carbocycles. The number of nitrogens with two attached hydrogens (primary N) is 1. The number of rotatable bonds is 4. The predicted octanol–water partition coefficient (Wildman–Crippen LogP) is 1.66. The summed E-state index contributed by atoms with van der Waals surface area (Å²) in [5, 5.41) is 4.41. The lowest BCUT2D eigenvalue weighted by Gasteiger charge is -2.21. The van der Waals surface area contributed by atoms with Gasteiger partial charge < -0.3 is 10.6 Å². The largest absolute Gasteiger partial charge is 0.394 e. The Morgan fingerprint density at radius 1 is 1.47 bits per heavy atom. The molecule has 2 N–H and O–H groups in total. The number of hydrogen-bond donors (Lipinski definition) is 1. The molecule has 0 atom stereocenters. The first-order valence-corrected chi connectivity index (χ1v) is 5.49. The Morgan fingerprint density at radius 2 is 2.07 bits per heavy atom. The minimum Gasteiger partial charge on any atom is -0.394 e. The summed E-state index contributed by atoms with van der Waals surface area (Å²) in [7, 11) is 4.01. The zero-order valence-corrected chi connectivity index (χ0v) is 10.4. The summed E-state index contributed by atoms with van der Waals surface area (Å²) in [5.41, 5.74) is 7.88. The molecule has 0 saturated heterocycles. The van der Waals surface area contributed by atoms with Gasteiger partial charge in [-0.05, 0) is 12.3 Å². The summed E-state index contributed by atoms with van der Waals surface area (Å²) >= 11 is 0. The molecule has 1 aromatic rings. The van der Waals surface area contributed by atoms with Crippen molar-refractivity contribution in [1.29, 1.82) is 0 Å². The van der Waals surface area contributed by atoms with E-state index in [-0.39, 0.29) is 0 Å². The number of anilines is 2. The molecule has 0 aromatic carbocycles. The van der Waals surface area contributed by atoms with Gasteiger partial charge in [0, 0.05) is 20.6 Å². The normalized spacial score (nSPS) is 11.1. The van der Waals surface area contributed by atoms with Crippen LogP contribution in [0.4, 0.5) is 11.5 Å². The van der Waals surface area contributed by atoms with Crippen molar-refractivity contribution >= 4 is 11.5 Å². The zero-order valence-electron chi connectivity index (χ0n) is 10.4. The highest BCUT2D eigenvalue weighted by Crippen LogP contribution is 2.25. The van der Waals surface area contributed by atoms with Gasteiger partial charge in [-0.1, -0.05) is 20.8 Å². The second-order valence-electron chi connectivity index (χ2n) is 4.44. The molecule has 0 aliphatic carbocycles. The molecular formula is C11H22N4. The van der Waals surface area contributed by atoms with E-state index in [2.05, 4.69) is 37.8 Å². The maximum Gasteiger partial charge on any atom is 0.150 e. The van der Waals surface area contributed by atoms with E-state index in [0.717, 1.165) is 30.2 Å². The van der Waals surface area contributed by atoms with Crippen LogP contribution in [0.15, 0.2) is 0 Å². The Bertz CT molecular complexity index is 328. The molecule has 0 amide bonds. The van der Waals surface area contributed by atoms with Crippen LogP contribution in [0.25, 0.3) is 0 Å². The van der Waals surface area contributed by atoms with Gasteiger partial charge in [0.15, 0.2) is 0 Å². The molecule has 0 radical (unpaired) electrons. The van der Waals surface area contributed by atoms with Gasteiger partial charge in [-0.15, -0.1) is 0 Å². The first-order chi connectivity index (χ1) is 6.97. The number of hydrogen-bond acceptors (Lipinski definition) is 3. The van der Waals surface area contributed by atoms with Crippen molar-refractivity contribution in [3.63, 3.8) is 0 Å². The monoisotopic (exact) mass is 210 g/mol. The van der Waals surface area contributed by atoms with Crippen LogP contribution in [-0.4, -0.2) is 23.4 Å². The molecule has 1 rings (SSSR count). The average Bonchev–Trinajstić information content (AvgIpc) is 2.40. The van der Waals surface area contributed by atoms with E-state index in [0.29, 0.717) is 5.92 Å². The Labute approximate surface area is 92.1 Å². The topological polar surface area (TPSA) is 47.1 Å². The summed E-state index contributed by atoms with van der Waals surface area (Å²) in [6, 6.07) is 0. The van der Waals surface area contributed by atoms with Gasteiger partial charge >= 0.3 is 0 Å². The van der Waals surface area contributed by atoms with E-state index in [1.165, 1.54) is 0 Å². The molecule has 1 aromatic heterocycles. The SMILES string of the molecule is CCc1nn(C)c(N(C)CC(C)C)c1N. The van der Waals surface area contributed by atoms with E-state index in [9.17, 15) is 0 Å². The standard InChI is InChI=1S/C11H22N4/c1-6-9-10(12)11(15(5)13-9)14(4)7-8(2)3/h8H,6-7,12H2,1-5H3. The van der Waals surface area contributed by atoms with Crippen LogP contribution in [0.3, 0.4) is 0 Å². The third kappa shape index (κ3) is 2.43. The van der Waals surface area contributed by atoms with Crippen molar-refractivity contribution < 1.29 is 0 Å². The lowest BCUT2D eigenvalue weighted by atomic mass is 10.2. The van der Waals surface area contributed by atoms with E-state index >= 15 is 0 Å². The van der Waals surface area contributed by atoms with Gasteiger partial charge in [0.2, 0.25) is 0 Å². The fourth-order valence-electron chi connectivity index (χ4n) is 1.93. The third-order valence-corrected chi connectivity index (χ3v) is 2.46. The molecule has 0 bridgehead atoms. The van der Waals surface area contributed by atoms with Crippen LogP contribution in [0, 0.1) is 5.92 Å². The first-order valence-electron chi connectivity index (χ1n) is 5.49. The maximum absolute atomic E-state index is 6.07. The highest BCUT2D eigenvalue weighted by Gasteiger charge is 2.15. The quantitative estimate of drug-likeness (QED) is 0.822. The van der Waals surface area contributed by atoms with Gasteiger partial charge in [-0.25, -0.2) is 0 Å². The molecule has 1 heterocycles. The van der Waals surface area contributed by atoms with Crippen molar-refractivity contribution in [2.24, 2.45) is 13.0 Å². The number of nitrogens with zero attached hydrogens (tertiary/aromatic N) is 3. The number of nitrogen functional groups attached to an aromatic ring is 1. The van der Waals surface area contributed by atoms with Gasteiger partial charge in [0.1, 0.15) is 5.82 Å². The molecule has 4 nitrogen and oxygen atoms in total. The fraction of sp³-hybridized carbons (Fsp3) is 0.727. The van der Waals surface area contributed by atoms with Crippen LogP contribution < -0.4 is 10.6 Å². The van der Waals surface area contributed by atoms with Gasteiger partial charge in [0.25, 0.3) is 0 Å². The first kappa shape index (κ1) is 11.9.